The zero-order chi connectivity index (χ0) is 29.8. The summed E-state index contributed by atoms with van der Waals surface area (Å²) in [5.41, 5.74) is 9.50. The molecule has 1 aliphatic rings. The summed E-state index contributed by atoms with van der Waals surface area (Å²) in [4.78, 5) is 24.7. The molecule has 2 aromatic carbocycles. The van der Waals surface area contributed by atoms with Crippen LogP contribution in [0, 0.1) is 11.7 Å². The molecule has 2 unspecified atom stereocenters. The highest BCUT2D eigenvalue weighted by atomic mass is 35.5. The summed E-state index contributed by atoms with van der Waals surface area (Å²) in [7, 11) is 0. The summed E-state index contributed by atoms with van der Waals surface area (Å²) in [6.45, 7) is 6.93. The van der Waals surface area contributed by atoms with E-state index >= 15 is 4.39 Å². The van der Waals surface area contributed by atoms with Crippen LogP contribution in [0.3, 0.4) is 0 Å². The molecule has 4 N–H and O–H groups in total. The summed E-state index contributed by atoms with van der Waals surface area (Å²) >= 11 is 6.28. The van der Waals surface area contributed by atoms with E-state index in [1.54, 1.807) is 12.3 Å². The van der Waals surface area contributed by atoms with E-state index in [4.69, 9.17) is 17.3 Å². The van der Waals surface area contributed by atoms with Crippen molar-refractivity contribution in [2.75, 3.05) is 6.54 Å². The maximum Gasteiger partial charge on any atom is 0.354 e. The minimum absolute atomic E-state index is 0.0938. The van der Waals surface area contributed by atoms with E-state index in [1.165, 1.54) is 10.1 Å². The van der Waals surface area contributed by atoms with Crippen LogP contribution in [0.2, 0.25) is 5.02 Å². The Morgan fingerprint density at radius 1 is 1.21 bits per heavy atom. The van der Waals surface area contributed by atoms with Gasteiger partial charge in [-0.05, 0) is 86.4 Å². The van der Waals surface area contributed by atoms with Gasteiger partial charge in [0.1, 0.15) is 5.65 Å². The standard InChI is InChI=1S/C33H40ClFN6O/c1-20(2)6-4-7-22-16-27(31(35)28(34)17-22)30-18-24-19-41(33(42)40-32(24)39-30)26-12-10-23(11-13-26)29-9-5-8-25(38-29)14-15-37-21(3)36/h10-13,16-20,25,29,38H,4-9,14-15H2,1-3H3,(H2,36,37)(H,39,40,42). The third-order valence-electron chi connectivity index (χ3n) is 8.03. The number of fused-ring (bicyclic) bond motifs is 1. The van der Waals surface area contributed by atoms with E-state index in [9.17, 15) is 4.79 Å². The number of aryl methyl sites for hydroxylation is 1. The van der Waals surface area contributed by atoms with Gasteiger partial charge < -0.3 is 16.0 Å². The van der Waals surface area contributed by atoms with Crippen LogP contribution in [0.4, 0.5) is 4.39 Å². The van der Waals surface area contributed by atoms with Crippen molar-refractivity contribution in [3.8, 4) is 16.9 Å². The van der Waals surface area contributed by atoms with Crippen LogP contribution in [0.1, 0.15) is 76.5 Å². The minimum atomic E-state index is -0.484. The highest BCUT2D eigenvalue weighted by Gasteiger charge is 2.22. The number of H-pyrrole nitrogens is 1. The Morgan fingerprint density at radius 3 is 2.74 bits per heavy atom. The molecule has 0 radical (unpaired) electrons. The van der Waals surface area contributed by atoms with E-state index in [1.807, 2.05) is 31.2 Å². The number of aromatic nitrogens is 3. The van der Waals surface area contributed by atoms with E-state index in [0.29, 0.717) is 40.1 Å². The van der Waals surface area contributed by atoms with Gasteiger partial charge in [-0.2, -0.15) is 4.98 Å². The highest BCUT2D eigenvalue weighted by Crippen LogP contribution is 2.32. The van der Waals surface area contributed by atoms with Gasteiger partial charge in [0.25, 0.3) is 0 Å². The number of aliphatic imine (C=N–C) groups is 1. The van der Waals surface area contributed by atoms with Crippen LogP contribution >= 0.6 is 11.6 Å². The molecule has 5 rings (SSSR count). The zero-order valence-corrected chi connectivity index (χ0v) is 25.3. The quantitative estimate of drug-likeness (QED) is 0.135. The average Bonchev–Trinajstić information content (AvgIpc) is 3.37. The summed E-state index contributed by atoms with van der Waals surface area (Å²) in [5.74, 6) is 0.745. The first-order valence-corrected chi connectivity index (χ1v) is 15.3. The molecule has 1 saturated heterocycles. The predicted octanol–water partition coefficient (Wildman–Crippen LogP) is 7.10. The lowest BCUT2D eigenvalue weighted by Crippen LogP contribution is -2.37. The van der Waals surface area contributed by atoms with Gasteiger partial charge in [-0.25, -0.2) is 9.18 Å². The molecule has 1 aliphatic heterocycles. The van der Waals surface area contributed by atoms with Crippen LogP contribution in [0.15, 0.2) is 58.4 Å². The van der Waals surface area contributed by atoms with Crippen molar-refractivity contribution < 1.29 is 4.39 Å². The third-order valence-corrected chi connectivity index (χ3v) is 8.30. The van der Waals surface area contributed by atoms with Crippen LogP contribution in [0.5, 0.6) is 0 Å². The summed E-state index contributed by atoms with van der Waals surface area (Å²) < 4.78 is 16.7. The van der Waals surface area contributed by atoms with Gasteiger partial charge in [0.05, 0.1) is 22.2 Å². The topological polar surface area (TPSA) is 101 Å². The van der Waals surface area contributed by atoms with Crippen molar-refractivity contribution >= 4 is 28.5 Å². The van der Waals surface area contributed by atoms with Gasteiger partial charge in [0.15, 0.2) is 5.82 Å². The fourth-order valence-electron chi connectivity index (χ4n) is 5.80. The SMILES string of the molecule is CC(N)=NCCC1CCCC(c2ccc(-n3cc4cc(-c5cc(CCCC(C)C)cc(Cl)c5F)[nH]c4nc3=O)cc2)N1. The molecule has 9 heteroatoms. The monoisotopic (exact) mass is 590 g/mol. The van der Waals surface area contributed by atoms with Crippen molar-refractivity contribution in [1.82, 2.24) is 19.9 Å². The Hall–Kier alpha value is -3.49. The lowest BCUT2D eigenvalue weighted by Gasteiger charge is -2.31. The number of nitrogens with two attached hydrogens (primary N) is 1. The summed E-state index contributed by atoms with van der Waals surface area (Å²) in [5, 5.41) is 4.55. The molecule has 42 heavy (non-hydrogen) atoms. The number of rotatable bonds is 10. The van der Waals surface area contributed by atoms with Gasteiger partial charge >= 0.3 is 5.69 Å². The Morgan fingerprint density at radius 2 is 2.00 bits per heavy atom. The molecule has 2 aromatic heterocycles. The molecule has 0 aliphatic carbocycles. The van der Waals surface area contributed by atoms with Crippen LogP contribution in [0.25, 0.3) is 28.0 Å². The van der Waals surface area contributed by atoms with Crippen molar-refractivity contribution in [3.05, 3.63) is 81.1 Å². The number of hydrogen-bond acceptors (Lipinski definition) is 4. The van der Waals surface area contributed by atoms with Gasteiger partial charge in [-0.15, -0.1) is 0 Å². The molecule has 0 amide bonds. The molecule has 0 saturated carbocycles. The number of piperidine rings is 1. The number of amidine groups is 1. The van der Waals surface area contributed by atoms with Crippen molar-refractivity contribution in [1.29, 1.82) is 0 Å². The van der Waals surface area contributed by atoms with E-state index in [0.717, 1.165) is 62.7 Å². The number of benzene rings is 2. The molecule has 3 heterocycles. The van der Waals surface area contributed by atoms with E-state index < -0.39 is 11.5 Å². The van der Waals surface area contributed by atoms with Gasteiger partial charge in [0.2, 0.25) is 0 Å². The molecular weight excluding hydrogens is 551 g/mol. The van der Waals surface area contributed by atoms with Crippen LogP contribution < -0.4 is 16.7 Å². The van der Waals surface area contributed by atoms with E-state index in [-0.39, 0.29) is 11.1 Å². The molecule has 7 nitrogen and oxygen atoms in total. The highest BCUT2D eigenvalue weighted by molar-refractivity contribution is 6.31. The van der Waals surface area contributed by atoms with Gasteiger partial charge in [-0.3, -0.25) is 9.56 Å². The van der Waals surface area contributed by atoms with E-state index in [2.05, 4.69) is 46.3 Å². The number of hydrogen-bond donors (Lipinski definition) is 3. The molecule has 0 bridgehead atoms. The second-order valence-corrected chi connectivity index (χ2v) is 12.3. The second-order valence-electron chi connectivity index (χ2n) is 11.9. The lowest BCUT2D eigenvalue weighted by molar-refractivity contribution is 0.315. The smallest absolute Gasteiger partial charge is 0.354 e. The number of aromatic amines is 1. The van der Waals surface area contributed by atoms with Crippen molar-refractivity contribution in [2.45, 2.75) is 77.8 Å². The largest absolute Gasteiger partial charge is 0.388 e. The molecule has 1 fully saturated rings. The number of nitrogens with zero attached hydrogens (tertiary/aromatic N) is 3. The van der Waals surface area contributed by atoms with Crippen molar-refractivity contribution in [2.24, 2.45) is 16.6 Å². The maximum absolute atomic E-state index is 15.1. The lowest BCUT2D eigenvalue weighted by atomic mass is 9.92. The fraction of sp³-hybridized carbons (Fsp3) is 0.424. The molecule has 4 aromatic rings. The second kappa shape index (κ2) is 13.2. The molecule has 2 atom stereocenters. The van der Waals surface area contributed by atoms with Gasteiger partial charge in [-0.1, -0.05) is 50.4 Å². The number of halogens is 2. The molecule has 222 valence electrons. The Labute approximate surface area is 251 Å². The fourth-order valence-corrected chi connectivity index (χ4v) is 6.04. The average molecular weight is 591 g/mol. The number of nitrogens with one attached hydrogen (secondary N) is 2. The van der Waals surface area contributed by atoms with Crippen LogP contribution in [-0.2, 0) is 6.42 Å². The summed E-state index contributed by atoms with van der Waals surface area (Å²) in [6.07, 6.45) is 8.98. The summed E-state index contributed by atoms with van der Waals surface area (Å²) in [6, 6.07) is 14.1. The first-order chi connectivity index (χ1) is 20.2. The maximum atomic E-state index is 15.1. The third kappa shape index (κ3) is 7.10. The Bertz CT molecular complexity index is 1620. The van der Waals surface area contributed by atoms with Crippen molar-refractivity contribution in [3.63, 3.8) is 0 Å². The van der Waals surface area contributed by atoms with Crippen LogP contribution in [-0.4, -0.2) is 33.0 Å². The Balaban J connectivity index is 1.35. The normalized spacial score (nSPS) is 17.8. The van der Waals surface area contributed by atoms with Gasteiger partial charge in [0, 0.05) is 35.8 Å². The Kier molecular flexibility index (Phi) is 9.43. The molecular formula is C33H40ClFN6O. The first kappa shape index (κ1) is 30.0. The predicted molar refractivity (Wildman–Crippen MR) is 170 cm³/mol. The molecule has 0 spiro atoms. The first-order valence-electron chi connectivity index (χ1n) is 14.9. The zero-order valence-electron chi connectivity index (χ0n) is 24.6. The minimum Gasteiger partial charge on any atom is -0.388 e.